The molecule has 0 aliphatic rings. The summed E-state index contributed by atoms with van der Waals surface area (Å²) in [6, 6.07) is 2.63. The number of benzene rings is 1. The first-order chi connectivity index (χ1) is 15.1. The maximum absolute atomic E-state index is 12.1. The van der Waals surface area contributed by atoms with Crippen LogP contribution in [0.3, 0.4) is 0 Å². The Bertz CT molecular complexity index is 1040. The molecule has 0 saturated heterocycles. The smallest absolute Gasteiger partial charge is 0.300 e. The minimum Gasteiger partial charge on any atom is -0.363 e. The molecule has 1 heterocycles. The van der Waals surface area contributed by atoms with Crippen LogP contribution in [0.5, 0.6) is 0 Å². The molecule has 15 nitrogen and oxygen atoms in total. The second-order valence-electron chi connectivity index (χ2n) is 6.80. The van der Waals surface area contributed by atoms with Gasteiger partial charge in [-0.3, -0.25) is 29.3 Å². The van der Waals surface area contributed by atoms with Crippen molar-refractivity contribution in [2.45, 2.75) is 0 Å². The van der Waals surface area contributed by atoms with Crippen LogP contribution in [0.15, 0.2) is 16.8 Å². The lowest BCUT2D eigenvalue weighted by molar-refractivity contribution is -0.383. The van der Waals surface area contributed by atoms with E-state index in [1.54, 1.807) is 21.1 Å². The summed E-state index contributed by atoms with van der Waals surface area (Å²) in [6.45, 7) is -1.12. The SMILES string of the molecule is CN(C)C(=O)CNC(=O)CNC(=O)CNC(=O)CN(C)c1ccc([N+](=O)[O-])c2nonc12. The van der Waals surface area contributed by atoms with Gasteiger partial charge in [-0.05, 0) is 16.4 Å². The van der Waals surface area contributed by atoms with Gasteiger partial charge < -0.3 is 25.8 Å². The highest BCUT2D eigenvalue weighted by molar-refractivity contribution is 5.96. The summed E-state index contributed by atoms with van der Waals surface area (Å²) in [5, 5.41) is 25.3. The zero-order chi connectivity index (χ0) is 23.8. The molecule has 0 unspecified atom stereocenters. The quantitative estimate of drug-likeness (QED) is 0.269. The highest BCUT2D eigenvalue weighted by Gasteiger charge is 2.22. The predicted molar refractivity (Wildman–Crippen MR) is 109 cm³/mol. The summed E-state index contributed by atoms with van der Waals surface area (Å²) in [4.78, 5) is 60.1. The van der Waals surface area contributed by atoms with E-state index < -0.39 is 22.6 Å². The Balaban J connectivity index is 1.80. The Morgan fingerprint density at radius 3 is 2.09 bits per heavy atom. The number of nitrogens with zero attached hydrogens (tertiary/aromatic N) is 5. The maximum Gasteiger partial charge on any atom is 0.300 e. The lowest BCUT2D eigenvalue weighted by Gasteiger charge is -2.18. The number of rotatable bonds is 10. The van der Waals surface area contributed by atoms with Crippen molar-refractivity contribution < 1.29 is 28.7 Å². The molecule has 2 rings (SSSR count). The van der Waals surface area contributed by atoms with Crippen molar-refractivity contribution in [3.05, 3.63) is 22.2 Å². The van der Waals surface area contributed by atoms with Crippen molar-refractivity contribution in [1.29, 1.82) is 0 Å². The van der Waals surface area contributed by atoms with E-state index in [2.05, 4.69) is 30.9 Å². The number of carbonyl (C=O) groups excluding carboxylic acids is 4. The van der Waals surface area contributed by atoms with E-state index in [4.69, 9.17) is 0 Å². The molecule has 172 valence electrons. The van der Waals surface area contributed by atoms with Gasteiger partial charge in [-0.25, -0.2) is 4.63 Å². The van der Waals surface area contributed by atoms with Crippen LogP contribution in [0.1, 0.15) is 0 Å². The largest absolute Gasteiger partial charge is 0.363 e. The number of nitro groups is 1. The minimum absolute atomic E-state index is 0.0512. The Hall–Kier alpha value is -4.30. The van der Waals surface area contributed by atoms with Crippen molar-refractivity contribution >= 4 is 46.0 Å². The summed E-state index contributed by atoms with van der Waals surface area (Å²) in [5.41, 5.74) is 0.153. The summed E-state index contributed by atoms with van der Waals surface area (Å²) >= 11 is 0. The highest BCUT2D eigenvalue weighted by atomic mass is 16.6. The number of hydrogen-bond acceptors (Lipinski definition) is 10. The normalized spacial score (nSPS) is 10.3. The van der Waals surface area contributed by atoms with E-state index in [-0.39, 0.29) is 48.8 Å². The molecule has 15 heteroatoms. The van der Waals surface area contributed by atoms with E-state index in [0.29, 0.717) is 5.69 Å². The van der Waals surface area contributed by atoms with E-state index in [1.807, 2.05) is 0 Å². The van der Waals surface area contributed by atoms with Gasteiger partial charge in [0, 0.05) is 27.2 Å². The number of nitro benzene ring substituents is 1. The van der Waals surface area contributed by atoms with Crippen molar-refractivity contribution in [3.8, 4) is 0 Å². The third-order valence-electron chi connectivity index (χ3n) is 4.19. The predicted octanol–water partition coefficient (Wildman–Crippen LogP) is -2.00. The molecule has 0 saturated carbocycles. The lowest BCUT2D eigenvalue weighted by Crippen LogP contribution is -2.45. The first-order valence-corrected chi connectivity index (χ1v) is 9.21. The third kappa shape index (κ3) is 6.35. The fourth-order valence-electron chi connectivity index (χ4n) is 2.47. The number of aromatic nitrogens is 2. The maximum atomic E-state index is 12.1. The van der Waals surface area contributed by atoms with Gasteiger partial charge in [-0.15, -0.1) is 0 Å². The highest BCUT2D eigenvalue weighted by Crippen LogP contribution is 2.30. The molecule has 0 spiro atoms. The number of non-ortho nitro benzene ring substituents is 1. The van der Waals surface area contributed by atoms with Crippen molar-refractivity contribution in [3.63, 3.8) is 0 Å². The molecule has 32 heavy (non-hydrogen) atoms. The van der Waals surface area contributed by atoms with Crippen molar-refractivity contribution in [2.24, 2.45) is 0 Å². The molecular weight excluding hydrogens is 428 g/mol. The number of amides is 4. The van der Waals surface area contributed by atoms with E-state index in [1.165, 1.54) is 21.9 Å². The number of likely N-dealkylation sites (N-methyl/N-ethyl adjacent to an activating group) is 2. The second kappa shape index (κ2) is 10.6. The van der Waals surface area contributed by atoms with Crippen LogP contribution in [0, 0.1) is 10.1 Å². The van der Waals surface area contributed by atoms with Crippen molar-refractivity contribution in [1.82, 2.24) is 31.2 Å². The number of fused-ring (bicyclic) bond motifs is 1. The minimum atomic E-state index is -0.623. The first-order valence-electron chi connectivity index (χ1n) is 9.21. The van der Waals surface area contributed by atoms with Crippen LogP contribution < -0.4 is 20.9 Å². The van der Waals surface area contributed by atoms with Gasteiger partial charge in [-0.2, -0.15) is 0 Å². The Labute approximate surface area is 181 Å². The van der Waals surface area contributed by atoms with Crippen LogP contribution in [0.2, 0.25) is 0 Å². The van der Waals surface area contributed by atoms with Crippen LogP contribution in [0.4, 0.5) is 11.4 Å². The molecule has 0 aliphatic heterocycles. The molecule has 4 amide bonds. The monoisotopic (exact) mass is 450 g/mol. The van der Waals surface area contributed by atoms with Gasteiger partial charge in [0.15, 0.2) is 5.52 Å². The topological polar surface area (TPSA) is 193 Å². The zero-order valence-corrected chi connectivity index (χ0v) is 17.6. The Kier molecular flexibility index (Phi) is 7.98. The van der Waals surface area contributed by atoms with E-state index in [9.17, 15) is 29.3 Å². The summed E-state index contributed by atoms with van der Waals surface area (Å²) < 4.78 is 4.58. The van der Waals surface area contributed by atoms with Crippen LogP contribution in [-0.4, -0.2) is 91.1 Å². The lowest BCUT2D eigenvalue weighted by atomic mass is 10.2. The van der Waals surface area contributed by atoms with Crippen molar-refractivity contribution in [2.75, 3.05) is 52.2 Å². The molecule has 0 bridgehead atoms. The average Bonchev–Trinajstić information content (AvgIpc) is 3.23. The van der Waals surface area contributed by atoms with Gasteiger partial charge in [0.2, 0.25) is 29.1 Å². The van der Waals surface area contributed by atoms with E-state index >= 15 is 0 Å². The number of anilines is 1. The summed E-state index contributed by atoms with van der Waals surface area (Å²) in [7, 11) is 4.64. The number of hydrogen-bond donors (Lipinski definition) is 3. The molecule has 0 radical (unpaired) electrons. The Morgan fingerprint density at radius 1 is 0.938 bits per heavy atom. The molecule has 0 fully saturated rings. The average molecular weight is 450 g/mol. The molecule has 1 aromatic carbocycles. The molecule has 0 atom stereocenters. The van der Waals surface area contributed by atoms with Gasteiger partial charge in [0.05, 0.1) is 36.8 Å². The fourth-order valence-corrected chi connectivity index (χ4v) is 2.47. The molecule has 3 N–H and O–H groups in total. The van der Waals surface area contributed by atoms with Crippen LogP contribution in [0.25, 0.3) is 11.0 Å². The van der Waals surface area contributed by atoms with Gasteiger partial charge in [0.25, 0.3) is 0 Å². The zero-order valence-electron chi connectivity index (χ0n) is 17.6. The number of nitrogens with one attached hydrogen (secondary N) is 3. The Morgan fingerprint density at radius 2 is 1.50 bits per heavy atom. The summed E-state index contributed by atoms with van der Waals surface area (Å²) in [6.07, 6.45) is 0. The van der Waals surface area contributed by atoms with Crippen LogP contribution >= 0.6 is 0 Å². The summed E-state index contributed by atoms with van der Waals surface area (Å²) in [5.74, 6) is -1.98. The molecule has 2 aromatic rings. The molecule has 0 aliphatic carbocycles. The van der Waals surface area contributed by atoms with E-state index in [0.717, 1.165) is 0 Å². The molecule has 1 aromatic heterocycles. The number of carbonyl (C=O) groups is 4. The first kappa shape index (κ1) is 24.0. The third-order valence-corrected chi connectivity index (χ3v) is 4.19. The van der Waals surface area contributed by atoms with Crippen LogP contribution in [-0.2, 0) is 19.2 Å². The fraction of sp³-hybridized carbons (Fsp3) is 0.412. The van der Waals surface area contributed by atoms with Gasteiger partial charge in [0.1, 0.15) is 0 Å². The van der Waals surface area contributed by atoms with Gasteiger partial charge >= 0.3 is 5.69 Å². The standard InChI is InChI=1S/C17H22N8O7/c1-23(2)15(29)8-20-13(27)6-18-12(26)7-19-14(28)9-24(3)10-4-5-11(25(30)31)17-16(10)21-32-22-17/h4-5H,6-9H2,1-3H3,(H,18,26)(H,19,28)(H,20,27). The van der Waals surface area contributed by atoms with Gasteiger partial charge in [-0.1, -0.05) is 0 Å². The second-order valence-corrected chi connectivity index (χ2v) is 6.80. The molecular formula is C17H22N8O7.